The highest BCUT2D eigenvalue weighted by molar-refractivity contribution is 7.19. The van der Waals surface area contributed by atoms with Gasteiger partial charge in [0.15, 0.2) is 0 Å². The zero-order valence-corrected chi connectivity index (χ0v) is 57.3. The third-order valence-corrected chi connectivity index (χ3v) is 21.8. The van der Waals surface area contributed by atoms with Crippen molar-refractivity contribution in [3.8, 4) is 52.9 Å². The van der Waals surface area contributed by atoms with E-state index in [1.807, 2.05) is 22.7 Å². The fourth-order valence-corrected chi connectivity index (χ4v) is 16.4. The first-order chi connectivity index (χ1) is 50.5. The summed E-state index contributed by atoms with van der Waals surface area (Å²) in [4.78, 5) is 14.6. The van der Waals surface area contributed by atoms with Gasteiger partial charge in [0.25, 0.3) is 0 Å². The maximum atomic E-state index is 2.40. The smallest absolute Gasteiger partial charge is 0.0540 e. The van der Waals surface area contributed by atoms with Crippen LogP contribution in [0.3, 0.4) is 0 Å². The predicted molar refractivity (Wildman–Crippen MR) is 438 cm³/mol. The molecule has 2 heterocycles. The second kappa shape index (κ2) is 27.1. The van der Waals surface area contributed by atoms with Gasteiger partial charge in [-0.05, 0) is 223 Å². The first kappa shape index (κ1) is 61.5. The molecule has 0 aliphatic carbocycles. The van der Waals surface area contributed by atoms with Crippen LogP contribution < -0.4 is 19.6 Å². The Labute approximate surface area is 602 Å². The van der Waals surface area contributed by atoms with Gasteiger partial charge >= 0.3 is 0 Å². The zero-order valence-electron chi connectivity index (χ0n) is 55.7. The van der Waals surface area contributed by atoms with E-state index < -0.39 is 0 Å². The largest absolute Gasteiger partial charge is 0.310 e. The molecule has 0 unspecified atom stereocenters. The molecule has 16 aromatic carbocycles. The van der Waals surface area contributed by atoms with E-state index >= 15 is 0 Å². The molecule has 0 aliphatic rings. The van der Waals surface area contributed by atoms with Crippen molar-refractivity contribution in [1.29, 1.82) is 0 Å². The van der Waals surface area contributed by atoms with E-state index in [9.17, 15) is 0 Å². The normalized spacial score (nSPS) is 11.3. The molecule has 0 saturated heterocycles. The number of fused-ring (bicyclic) bond motifs is 4. The molecule has 4 nitrogen and oxygen atoms in total. The fourth-order valence-electron chi connectivity index (χ4n) is 14.3. The molecule has 0 spiro atoms. The lowest BCUT2D eigenvalue weighted by molar-refractivity contribution is 1.26. The number of rotatable bonds is 17. The Morgan fingerprint density at radius 2 is 0.392 bits per heavy atom. The maximum absolute atomic E-state index is 2.40. The van der Waals surface area contributed by atoms with Crippen LogP contribution in [0.4, 0.5) is 68.2 Å². The van der Waals surface area contributed by atoms with Gasteiger partial charge in [0.2, 0.25) is 0 Å². The molecule has 0 aliphatic heterocycles. The van der Waals surface area contributed by atoms with Crippen LogP contribution in [0.1, 0.15) is 0 Å². The molecular weight excluding hydrogens is 1270 g/mol. The molecule has 6 heteroatoms. The van der Waals surface area contributed by atoms with E-state index in [0.29, 0.717) is 0 Å². The number of thiophene rings is 2. The van der Waals surface area contributed by atoms with Crippen LogP contribution in [0.2, 0.25) is 0 Å². The van der Waals surface area contributed by atoms with Crippen LogP contribution in [0.5, 0.6) is 0 Å². The lowest BCUT2D eigenvalue weighted by Gasteiger charge is -2.29. The summed E-state index contributed by atoms with van der Waals surface area (Å²) in [5.74, 6) is 0. The Bertz CT molecular complexity index is 5610. The molecule has 0 bridgehead atoms. The third-order valence-electron chi connectivity index (χ3n) is 19.5. The van der Waals surface area contributed by atoms with Crippen LogP contribution in [-0.4, -0.2) is 0 Å². The zero-order chi connectivity index (χ0) is 67.7. The minimum absolute atomic E-state index is 1.05. The molecule has 0 fully saturated rings. The van der Waals surface area contributed by atoms with Crippen molar-refractivity contribution in [3.63, 3.8) is 0 Å². The lowest BCUT2D eigenvalue weighted by atomic mass is 10.0. The number of hydrogen-bond acceptors (Lipinski definition) is 6. The van der Waals surface area contributed by atoms with Gasteiger partial charge in [-0.2, -0.15) is 0 Å². The highest BCUT2D eigenvalue weighted by Crippen LogP contribution is 2.47. The summed E-state index contributed by atoms with van der Waals surface area (Å²) < 4.78 is 0. The topological polar surface area (TPSA) is 13.0 Å². The molecule has 102 heavy (non-hydrogen) atoms. The standard InChI is InChI=1S/C96H66N4S2/c1-3-21-73(22-4-1)93-61-63-95(101-93)75-39-47-83(48-40-75)99(91-31-15-27-71-19-11-13-29-89(71)91)85-57-53-81(54-58-85)97(87-51-37-67-17-7-9-25-77(67)65-87)79-43-33-69(34-44-79)70-35-45-80(46-36-70)98(88-52-38-68-18-8-10-26-78(68)66-88)82-55-59-86(60-56-82)100(92-32-16-28-72-20-12-14-30-90(72)92)84-49-41-76(42-50-84)96-64-62-94(102-96)74-23-5-2-6-24-74/h1-66H. The number of hydrogen-bond donors (Lipinski definition) is 0. The van der Waals surface area contributed by atoms with Gasteiger partial charge in [0.1, 0.15) is 0 Å². The van der Waals surface area contributed by atoms with Crippen LogP contribution in [-0.2, 0) is 0 Å². The quantitative estimate of drug-likeness (QED) is 0.0901. The van der Waals surface area contributed by atoms with E-state index in [1.54, 1.807) is 0 Å². The van der Waals surface area contributed by atoms with Gasteiger partial charge in [-0.25, -0.2) is 0 Å². The van der Waals surface area contributed by atoms with Gasteiger partial charge in [0.05, 0.1) is 11.4 Å². The Morgan fingerprint density at radius 3 is 0.735 bits per heavy atom. The minimum Gasteiger partial charge on any atom is -0.310 e. The molecule has 0 radical (unpaired) electrons. The molecule has 482 valence electrons. The molecule has 0 amide bonds. The summed E-state index contributed by atoms with van der Waals surface area (Å²) >= 11 is 3.65. The SMILES string of the molecule is c1ccc(-c2ccc(-c3ccc(N(c4ccc(N(c5ccc(-c6ccc(N(c7ccc(N(c8ccc(-c9ccc(-c%10ccccc%10)s9)cc8)c8cccc9ccccc89)cc7)c7ccc8ccccc8c7)cc6)cc5)c5ccc6ccccc6c5)cc4)c4cccc5ccccc45)cc3)s2)cc1. The molecule has 0 saturated carbocycles. The summed E-state index contributed by atoms with van der Waals surface area (Å²) in [6.07, 6.45) is 0. The summed E-state index contributed by atoms with van der Waals surface area (Å²) in [5, 5.41) is 9.53. The van der Waals surface area contributed by atoms with Crippen molar-refractivity contribution in [3.05, 3.63) is 400 Å². The molecule has 2 aromatic heterocycles. The summed E-state index contributed by atoms with van der Waals surface area (Å²) in [7, 11) is 0. The minimum atomic E-state index is 1.05. The lowest BCUT2D eigenvalue weighted by Crippen LogP contribution is -2.12. The van der Waals surface area contributed by atoms with Gasteiger partial charge in [-0.3, -0.25) is 0 Å². The first-order valence-electron chi connectivity index (χ1n) is 34.6. The second-order valence-corrected chi connectivity index (χ2v) is 27.8. The molecule has 18 rings (SSSR count). The average molecular weight is 1340 g/mol. The Kier molecular flexibility index (Phi) is 16.3. The van der Waals surface area contributed by atoms with Crippen molar-refractivity contribution in [2.75, 3.05) is 19.6 Å². The van der Waals surface area contributed by atoms with Gasteiger partial charge in [-0.1, -0.05) is 243 Å². The molecular formula is C96H66N4S2. The highest BCUT2D eigenvalue weighted by atomic mass is 32.1. The van der Waals surface area contributed by atoms with Crippen molar-refractivity contribution < 1.29 is 0 Å². The van der Waals surface area contributed by atoms with E-state index in [1.165, 1.54) is 84.9 Å². The Morgan fingerprint density at radius 1 is 0.147 bits per heavy atom. The van der Waals surface area contributed by atoms with E-state index in [0.717, 1.165) is 79.4 Å². The summed E-state index contributed by atoms with van der Waals surface area (Å²) in [5.41, 5.74) is 20.0. The van der Waals surface area contributed by atoms with Crippen molar-refractivity contribution >= 4 is 134 Å². The van der Waals surface area contributed by atoms with Gasteiger partial charge in [0, 0.05) is 87.2 Å². The third kappa shape index (κ3) is 12.1. The number of nitrogens with zero attached hydrogens (tertiary/aromatic N) is 4. The summed E-state index contributed by atoms with van der Waals surface area (Å²) in [6, 6.07) is 146. The summed E-state index contributed by atoms with van der Waals surface area (Å²) in [6.45, 7) is 0. The number of anilines is 12. The Balaban J connectivity index is 0.667. The van der Waals surface area contributed by atoms with Crippen LogP contribution >= 0.6 is 22.7 Å². The Hall–Kier alpha value is -12.8. The maximum Gasteiger partial charge on any atom is 0.0540 e. The van der Waals surface area contributed by atoms with E-state index in [2.05, 4.69) is 420 Å². The van der Waals surface area contributed by atoms with E-state index in [4.69, 9.17) is 0 Å². The second-order valence-electron chi connectivity index (χ2n) is 25.7. The number of benzene rings is 16. The van der Waals surface area contributed by atoms with Crippen LogP contribution in [0.25, 0.3) is 96.0 Å². The van der Waals surface area contributed by atoms with Gasteiger partial charge < -0.3 is 19.6 Å². The van der Waals surface area contributed by atoms with Crippen molar-refractivity contribution in [2.45, 2.75) is 0 Å². The van der Waals surface area contributed by atoms with Crippen LogP contribution in [0, 0.1) is 0 Å². The van der Waals surface area contributed by atoms with E-state index in [-0.39, 0.29) is 0 Å². The van der Waals surface area contributed by atoms with Crippen LogP contribution in [0.15, 0.2) is 400 Å². The monoisotopic (exact) mass is 1340 g/mol. The van der Waals surface area contributed by atoms with Crippen molar-refractivity contribution in [1.82, 2.24) is 0 Å². The van der Waals surface area contributed by atoms with Crippen molar-refractivity contribution in [2.24, 2.45) is 0 Å². The molecule has 18 aromatic rings. The highest BCUT2D eigenvalue weighted by Gasteiger charge is 2.22. The predicted octanol–water partition coefficient (Wildman–Crippen LogP) is 28.6. The first-order valence-corrected chi connectivity index (χ1v) is 36.2. The molecule has 0 atom stereocenters. The van der Waals surface area contributed by atoms with Gasteiger partial charge in [-0.15, -0.1) is 22.7 Å². The fraction of sp³-hybridized carbons (Fsp3) is 0. The average Bonchev–Trinajstić information content (AvgIpc) is 0.870. The molecule has 0 N–H and O–H groups in total.